The lowest BCUT2D eigenvalue weighted by Gasteiger charge is -2.24. The second kappa shape index (κ2) is 8.05. The maximum Gasteiger partial charge on any atom is 0.421 e. The normalized spacial score (nSPS) is 18.9. The van der Waals surface area contributed by atoms with E-state index in [2.05, 4.69) is 31.2 Å². The molecule has 2 aliphatic heterocycles. The first-order valence-corrected chi connectivity index (χ1v) is 9.90. The van der Waals surface area contributed by atoms with Crippen LogP contribution in [0.15, 0.2) is 24.4 Å². The first-order chi connectivity index (χ1) is 14.7. The molecular formula is C20H21F3N6O2. The average Bonchev–Trinajstić information content (AvgIpc) is 3.29. The highest BCUT2D eigenvalue weighted by atomic mass is 19.4. The van der Waals surface area contributed by atoms with Crippen LogP contribution in [0.25, 0.3) is 0 Å². The van der Waals surface area contributed by atoms with Gasteiger partial charge in [0.25, 0.3) is 0 Å². The van der Waals surface area contributed by atoms with Crippen LogP contribution in [0.3, 0.4) is 0 Å². The largest absolute Gasteiger partial charge is 0.421 e. The summed E-state index contributed by atoms with van der Waals surface area (Å²) in [7, 11) is 0. The molecule has 2 aromatic rings. The number of benzene rings is 1. The Bertz CT molecular complexity index is 1030. The van der Waals surface area contributed by atoms with Crippen LogP contribution < -0.4 is 21.3 Å². The van der Waals surface area contributed by atoms with Gasteiger partial charge in [-0.25, -0.2) is 4.98 Å². The fraction of sp³-hybridized carbons (Fsp3) is 0.400. The van der Waals surface area contributed by atoms with E-state index in [1.165, 1.54) is 0 Å². The first-order valence-electron chi connectivity index (χ1n) is 9.90. The molecule has 4 rings (SSSR count). The van der Waals surface area contributed by atoms with Gasteiger partial charge in [0, 0.05) is 42.5 Å². The Hall–Kier alpha value is -3.37. The smallest absolute Gasteiger partial charge is 0.366 e. The van der Waals surface area contributed by atoms with E-state index in [0.717, 1.165) is 11.8 Å². The Morgan fingerprint density at radius 2 is 2.06 bits per heavy atom. The third-order valence-electron chi connectivity index (χ3n) is 5.42. The predicted molar refractivity (Wildman–Crippen MR) is 108 cm³/mol. The van der Waals surface area contributed by atoms with E-state index in [1.54, 1.807) is 18.2 Å². The van der Waals surface area contributed by atoms with Gasteiger partial charge in [-0.2, -0.15) is 18.2 Å². The molecule has 3 heterocycles. The summed E-state index contributed by atoms with van der Waals surface area (Å²) in [5, 5.41) is 11.2. The number of amides is 2. The number of alkyl halides is 3. The van der Waals surface area contributed by atoms with E-state index in [1.807, 2.05) is 6.92 Å². The van der Waals surface area contributed by atoms with Gasteiger partial charge >= 0.3 is 6.18 Å². The van der Waals surface area contributed by atoms with Crippen LogP contribution in [0.2, 0.25) is 0 Å². The molecule has 2 amide bonds. The van der Waals surface area contributed by atoms with E-state index < -0.39 is 11.7 Å². The van der Waals surface area contributed by atoms with Gasteiger partial charge in [-0.05, 0) is 30.2 Å². The highest BCUT2D eigenvalue weighted by molar-refractivity contribution is 5.99. The Morgan fingerprint density at radius 1 is 1.26 bits per heavy atom. The monoisotopic (exact) mass is 434 g/mol. The fourth-order valence-corrected chi connectivity index (χ4v) is 3.84. The molecule has 8 nitrogen and oxygen atoms in total. The van der Waals surface area contributed by atoms with Crippen molar-refractivity contribution in [2.45, 2.75) is 38.4 Å². The zero-order valence-electron chi connectivity index (χ0n) is 16.6. The summed E-state index contributed by atoms with van der Waals surface area (Å²) in [6, 6.07) is 4.76. The maximum absolute atomic E-state index is 13.5. The number of anilines is 4. The van der Waals surface area contributed by atoms with Crippen molar-refractivity contribution in [2.75, 3.05) is 22.5 Å². The van der Waals surface area contributed by atoms with Gasteiger partial charge in [0.15, 0.2) is 0 Å². The van der Waals surface area contributed by atoms with Crippen molar-refractivity contribution in [1.29, 1.82) is 0 Å². The molecule has 2 unspecified atom stereocenters. The van der Waals surface area contributed by atoms with E-state index >= 15 is 0 Å². The van der Waals surface area contributed by atoms with Crippen molar-refractivity contribution in [3.8, 4) is 0 Å². The predicted octanol–water partition coefficient (Wildman–Crippen LogP) is 3.06. The molecule has 0 bridgehead atoms. The third kappa shape index (κ3) is 4.54. The molecule has 1 fully saturated rings. The second-order valence-electron chi connectivity index (χ2n) is 7.60. The summed E-state index contributed by atoms with van der Waals surface area (Å²) < 4.78 is 40.6. The van der Waals surface area contributed by atoms with Crippen LogP contribution >= 0.6 is 0 Å². The molecule has 2 aliphatic rings. The number of aromatic nitrogens is 2. The van der Waals surface area contributed by atoms with Crippen molar-refractivity contribution in [1.82, 2.24) is 15.3 Å². The molecule has 31 heavy (non-hydrogen) atoms. The summed E-state index contributed by atoms with van der Waals surface area (Å²) in [5.41, 5.74) is 1.07. The number of nitrogens with one attached hydrogen (secondary N) is 4. The molecule has 11 heteroatoms. The summed E-state index contributed by atoms with van der Waals surface area (Å²) in [5.74, 6) is -0.713. The van der Waals surface area contributed by atoms with Gasteiger partial charge in [0.1, 0.15) is 11.4 Å². The minimum Gasteiger partial charge on any atom is -0.366 e. The quantitative estimate of drug-likeness (QED) is 0.557. The van der Waals surface area contributed by atoms with Gasteiger partial charge in [-0.3, -0.25) is 9.59 Å². The standard InChI is InChI=1S/C20H21F3N6O2/c1-2-14(11-7-16(30)24-8-11)28-18-13(20(21,22)23)9-25-19(29-18)26-12-3-4-15-10(5-12)6-17(31)27-15/h3-5,9,11,14H,2,6-8H2,1H3,(H,24,30)(H,27,31)(H2,25,26,28,29). The topological polar surface area (TPSA) is 108 Å². The number of halogens is 3. The lowest BCUT2D eigenvalue weighted by molar-refractivity contribution is -0.137. The van der Waals surface area contributed by atoms with Gasteiger partial charge in [0.05, 0.1) is 6.42 Å². The number of hydrogen-bond acceptors (Lipinski definition) is 6. The van der Waals surface area contributed by atoms with E-state index in [0.29, 0.717) is 24.3 Å². The van der Waals surface area contributed by atoms with E-state index in [9.17, 15) is 22.8 Å². The molecule has 0 saturated carbocycles. The van der Waals surface area contributed by atoms with Crippen LogP contribution in [-0.4, -0.2) is 34.4 Å². The summed E-state index contributed by atoms with van der Waals surface area (Å²) in [6.45, 7) is 2.25. The highest BCUT2D eigenvalue weighted by Gasteiger charge is 2.37. The molecule has 0 radical (unpaired) electrons. The molecule has 0 aliphatic carbocycles. The van der Waals surface area contributed by atoms with Gasteiger partial charge < -0.3 is 21.3 Å². The summed E-state index contributed by atoms with van der Waals surface area (Å²) in [4.78, 5) is 30.9. The third-order valence-corrected chi connectivity index (χ3v) is 5.42. The summed E-state index contributed by atoms with van der Waals surface area (Å²) >= 11 is 0. The summed E-state index contributed by atoms with van der Waals surface area (Å²) in [6.07, 6.45) is -2.89. The molecule has 164 valence electrons. The molecule has 1 saturated heterocycles. The number of carbonyl (C=O) groups excluding carboxylic acids is 2. The minimum atomic E-state index is -4.64. The molecule has 4 N–H and O–H groups in total. The second-order valence-corrected chi connectivity index (χ2v) is 7.60. The van der Waals surface area contributed by atoms with Crippen molar-refractivity contribution in [2.24, 2.45) is 5.92 Å². The Kier molecular flexibility index (Phi) is 5.42. The molecule has 1 aromatic carbocycles. The highest BCUT2D eigenvalue weighted by Crippen LogP contribution is 2.35. The van der Waals surface area contributed by atoms with Crippen LogP contribution in [0.1, 0.15) is 30.9 Å². The zero-order valence-corrected chi connectivity index (χ0v) is 16.6. The fourth-order valence-electron chi connectivity index (χ4n) is 3.84. The molecule has 0 spiro atoms. The number of nitrogens with zero attached hydrogens (tertiary/aromatic N) is 2. The van der Waals surface area contributed by atoms with Gasteiger partial charge in [-0.15, -0.1) is 0 Å². The lowest BCUT2D eigenvalue weighted by Crippen LogP contribution is -2.31. The van der Waals surface area contributed by atoms with E-state index in [-0.39, 0.29) is 48.4 Å². The van der Waals surface area contributed by atoms with Crippen molar-refractivity contribution < 1.29 is 22.8 Å². The zero-order chi connectivity index (χ0) is 22.2. The molecular weight excluding hydrogens is 413 g/mol. The Balaban J connectivity index is 1.59. The Morgan fingerprint density at radius 3 is 2.74 bits per heavy atom. The molecule has 2 atom stereocenters. The minimum absolute atomic E-state index is 0.0109. The number of rotatable bonds is 6. The van der Waals surface area contributed by atoms with Crippen LogP contribution in [0.5, 0.6) is 0 Å². The number of carbonyl (C=O) groups is 2. The van der Waals surface area contributed by atoms with Crippen molar-refractivity contribution in [3.63, 3.8) is 0 Å². The number of fused-ring (bicyclic) bond motifs is 1. The first kappa shape index (κ1) is 20.9. The lowest BCUT2D eigenvalue weighted by atomic mass is 9.96. The Labute approximate surface area is 176 Å². The average molecular weight is 434 g/mol. The van der Waals surface area contributed by atoms with Crippen molar-refractivity contribution in [3.05, 3.63) is 35.5 Å². The number of hydrogen-bond donors (Lipinski definition) is 4. The van der Waals surface area contributed by atoms with E-state index in [4.69, 9.17) is 0 Å². The molecule has 1 aromatic heterocycles. The van der Waals surface area contributed by atoms with Crippen LogP contribution in [0.4, 0.5) is 36.3 Å². The van der Waals surface area contributed by atoms with Crippen LogP contribution in [0, 0.1) is 5.92 Å². The van der Waals surface area contributed by atoms with Gasteiger partial charge in [0.2, 0.25) is 17.8 Å². The maximum atomic E-state index is 13.5. The van der Waals surface area contributed by atoms with Crippen LogP contribution in [-0.2, 0) is 22.2 Å². The SMILES string of the molecule is CCC(Nc1nc(Nc2ccc3c(c2)CC(=O)N3)ncc1C(F)(F)F)C1CNC(=O)C1. The van der Waals surface area contributed by atoms with Gasteiger partial charge in [-0.1, -0.05) is 6.92 Å². The van der Waals surface area contributed by atoms with Crippen molar-refractivity contribution >= 4 is 35.0 Å².